The van der Waals surface area contributed by atoms with Gasteiger partial charge in [-0.05, 0) is 45.5 Å². The second kappa shape index (κ2) is 7.16. The lowest BCUT2D eigenvalue weighted by atomic mass is 9.94. The van der Waals surface area contributed by atoms with E-state index in [2.05, 4.69) is 47.3 Å². The van der Waals surface area contributed by atoms with Crippen LogP contribution in [0.4, 0.5) is 4.39 Å². The Morgan fingerprint density at radius 3 is 2.57 bits per heavy atom. The van der Waals surface area contributed by atoms with Crippen LogP contribution in [-0.2, 0) is 6.42 Å². The molecule has 0 aliphatic carbocycles. The van der Waals surface area contributed by atoms with Crippen molar-refractivity contribution < 1.29 is 4.39 Å². The molecule has 0 aliphatic heterocycles. The van der Waals surface area contributed by atoms with E-state index in [0.717, 1.165) is 12.0 Å². The highest BCUT2D eigenvalue weighted by Crippen LogP contribution is 2.28. The van der Waals surface area contributed by atoms with E-state index in [4.69, 9.17) is 5.84 Å². The Bertz CT molecular complexity index is 613. The van der Waals surface area contributed by atoms with Gasteiger partial charge in [-0.2, -0.15) is 0 Å². The molecule has 2 aromatic carbocycles. The quantitative estimate of drug-likeness (QED) is 0.621. The highest BCUT2D eigenvalue weighted by Gasteiger charge is 2.18. The molecular weight excluding hydrogens is 331 g/mol. The number of halogens is 2. The van der Waals surface area contributed by atoms with E-state index in [1.54, 1.807) is 12.1 Å². The van der Waals surface area contributed by atoms with Crippen LogP contribution in [0.1, 0.15) is 36.6 Å². The number of nitrogens with one attached hydrogen (secondary N) is 1. The molecule has 0 bridgehead atoms. The van der Waals surface area contributed by atoms with Gasteiger partial charge in [0.05, 0.1) is 10.5 Å². The van der Waals surface area contributed by atoms with Crippen LogP contribution in [0, 0.1) is 11.7 Å². The zero-order valence-electron chi connectivity index (χ0n) is 12.2. The maximum absolute atomic E-state index is 14.3. The third-order valence-electron chi connectivity index (χ3n) is 3.39. The molecule has 0 fully saturated rings. The molecule has 0 aliphatic rings. The van der Waals surface area contributed by atoms with Crippen LogP contribution >= 0.6 is 15.9 Å². The predicted octanol–water partition coefficient (Wildman–Crippen LogP) is 4.34. The van der Waals surface area contributed by atoms with E-state index in [9.17, 15) is 4.39 Å². The normalized spacial score (nSPS) is 12.7. The highest BCUT2D eigenvalue weighted by molar-refractivity contribution is 9.10. The molecule has 2 nitrogen and oxygen atoms in total. The van der Waals surface area contributed by atoms with Crippen molar-refractivity contribution in [2.75, 3.05) is 0 Å². The number of rotatable bonds is 5. The van der Waals surface area contributed by atoms with Crippen molar-refractivity contribution in [1.82, 2.24) is 5.43 Å². The summed E-state index contributed by atoms with van der Waals surface area (Å²) in [5, 5.41) is 0. The smallest absolute Gasteiger partial charge is 0.142 e. The summed E-state index contributed by atoms with van der Waals surface area (Å²) in [5.41, 5.74) is 5.46. The van der Waals surface area contributed by atoms with Gasteiger partial charge in [-0.25, -0.2) is 9.82 Å². The van der Waals surface area contributed by atoms with E-state index in [1.807, 2.05) is 18.2 Å². The molecule has 1 unspecified atom stereocenters. The zero-order valence-corrected chi connectivity index (χ0v) is 13.8. The van der Waals surface area contributed by atoms with Crippen molar-refractivity contribution in [2.45, 2.75) is 26.3 Å². The van der Waals surface area contributed by atoms with Crippen molar-refractivity contribution in [3.8, 4) is 0 Å². The summed E-state index contributed by atoms with van der Waals surface area (Å²) >= 11 is 3.22. The minimum atomic E-state index is -0.366. The molecular formula is C17H20BrFN2. The second-order valence-corrected chi connectivity index (χ2v) is 6.44. The Hall–Kier alpha value is -1.23. The highest BCUT2D eigenvalue weighted by atomic mass is 79.9. The molecule has 0 spiro atoms. The molecule has 21 heavy (non-hydrogen) atoms. The van der Waals surface area contributed by atoms with Crippen LogP contribution < -0.4 is 11.3 Å². The molecule has 3 N–H and O–H groups in total. The fraction of sp³-hybridized carbons (Fsp3) is 0.294. The summed E-state index contributed by atoms with van der Waals surface area (Å²) in [6.07, 6.45) is 0.992. The number of hydrogen-bond acceptors (Lipinski definition) is 2. The predicted molar refractivity (Wildman–Crippen MR) is 88.3 cm³/mol. The Morgan fingerprint density at radius 1 is 1.19 bits per heavy atom. The van der Waals surface area contributed by atoms with E-state index >= 15 is 0 Å². The topological polar surface area (TPSA) is 38.0 Å². The van der Waals surface area contributed by atoms with Crippen molar-refractivity contribution >= 4 is 15.9 Å². The Kier molecular flexibility index (Phi) is 5.51. The summed E-state index contributed by atoms with van der Waals surface area (Å²) < 4.78 is 14.7. The van der Waals surface area contributed by atoms with Crippen LogP contribution in [0.25, 0.3) is 0 Å². The summed E-state index contributed by atoms with van der Waals surface area (Å²) in [4.78, 5) is 0. The summed E-state index contributed by atoms with van der Waals surface area (Å²) in [6.45, 7) is 4.36. The first-order chi connectivity index (χ1) is 10.0. The van der Waals surface area contributed by atoms with Crippen LogP contribution in [0.3, 0.4) is 0 Å². The maximum Gasteiger partial charge on any atom is 0.142 e. The van der Waals surface area contributed by atoms with Crippen molar-refractivity contribution in [1.29, 1.82) is 0 Å². The molecule has 2 aromatic rings. The standard InChI is InChI=1S/C17H20BrFN2/c1-11(2)9-12-5-3-6-13(10-12)17(21-20)14-7-4-8-15(18)16(14)19/h3-8,10-11,17,21H,9,20H2,1-2H3. The summed E-state index contributed by atoms with van der Waals surface area (Å²) in [5.74, 6) is 5.97. The molecule has 2 rings (SSSR count). The van der Waals surface area contributed by atoms with Crippen LogP contribution in [0.15, 0.2) is 46.9 Å². The molecule has 1 atom stereocenters. The average molecular weight is 351 g/mol. The SMILES string of the molecule is CC(C)Cc1cccc(C(NN)c2cccc(Br)c2F)c1. The van der Waals surface area contributed by atoms with Crippen LogP contribution in [0.5, 0.6) is 0 Å². The van der Waals surface area contributed by atoms with E-state index in [1.165, 1.54) is 5.56 Å². The van der Waals surface area contributed by atoms with Gasteiger partial charge in [0.2, 0.25) is 0 Å². The first kappa shape index (κ1) is 16.1. The maximum atomic E-state index is 14.3. The van der Waals surface area contributed by atoms with Gasteiger partial charge >= 0.3 is 0 Å². The third-order valence-corrected chi connectivity index (χ3v) is 4.00. The van der Waals surface area contributed by atoms with Crippen molar-refractivity contribution in [2.24, 2.45) is 11.8 Å². The lowest BCUT2D eigenvalue weighted by Gasteiger charge is -2.19. The molecule has 0 saturated carbocycles. The van der Waals surface area contributed by atoms with Crippen LogP contribution in [-0.4, -0.2) is 0 Å². The largest absolute Gasteiger partial charge is 0.271 e. The summed E-state index contributed by atoms with van der Waals surface area (Å²) in [6, 6.07) is 13.0. The summed E-state index contributed by atoms with van der Waals surface area (Å²) in [7, 11) is 0. The van der Waals surface area contributed by atoms with Gasteiger partial charge < -0.3 is 0 Å². The number of hydrogen-bond donors (Lipinski definition) is 2. The molecule has 0 amide bonds. The first-order valence-electron chi connectivity index (χ1n) is 7.01. The molecule has 0 saturated heterocycles. The molecule has 112 valence electrons. The van der Waals surface area contributed by atoms with Crippen molar-refractivity contribution in [3.63, 3.8) is 0 Å². The minimum absolute atomic E-state index is 0.283. The van der Waals surface area contributed by atoms with Gasteiger partial charge in [-0.3, -0.25) is 5.84 Å². The third kappa shape index (κ3) is 3.90. The Morgan fingerprint density at radius 2 is 1.90 bits per heavy atom. The van der Waals surface area contributed by atoms with E-state index < -0.39 is 0 Å². The fourth-order valence-electron chi connectivity index (χ4n) is 2.48. The fourth-order valence-corrected chi connectivity index (χ4v) is 2.86. The number of benzene rings is 2. The molecule has 4 heteroatoms. The van der Waals surface area contributed by atoms with E-state index in [-0.39, 0.29) is 11.9 Å². The van der Waals surface area contributed by atoms with Crippen LogP contribution in [0.2, 0.25) is 0 Å². The van der Waals surface area contributed by atoms with Gasteiger partial charge in [0.1, 0.15) is 5.82 Å². The zero-order chi connectivity index (χ0) is 15.4. The molecule has 0 aromatic heterocycles. The van der Waals surface area contributed by atoms with Gasteiger partial charge in [0.15, 0.2) is 0 Å². The number of hydrazine groups is 1. The number of nitrogens with two attached hydrogens (primary N) is 1. The van der Waals surface area contributed by atoms with Gasteiger partial charge in [-0.15, -0.1) is 0 Å². The average Bonchev–Trinajstić information content (AvgIpc) is 2.44. The first-order valence-corrected chi connectivity index (χ1v) is 7.81. The van der Waals surface area contributed by atoms with Gasteiger partial charge in [-0.1, -0.05) is 50.2 Å². The lowest BCUT2D eigenvalue weighted by molar-refractivity contribution is 0.555. The van der Waals surface area contributed by atoms with E-state index in [0.29, 0.717) is 16.0 Å². The Labute approximate surface area is 133 Å². The van der Waals surface area contributed by atoms with Gasteiger partial charge in [0, 0.05) is 5.56 Å². The van der Waals surface area contributed by atoms with Gasteiger partial charge in [0.25, 0.3) is 0 Å². The Balaban J connectivity index is 2.39. The second-order valence-electron chi connectivity index (χ2n) is 5.59. The van der Waals surface area contributed by atoms with Crippen molar-refractivity contribution in [3.05, 3.63) is 69.4 Å². The molecule has 0 radical (unpaired) electrons. The minimum Gasteiger partial charge on any atom is -0.271 e. The lowest BCUT2D eigenvalue weighted by Crippen LogP contribution is -2.29. The monoisotopic (exact) mass is 350 g/mol. The molecule has 0 heterocycles.